The predicted molar refractivity (Wildman–Crippen MR) is 99.7 cm³/mol. The number of esters is 1. The zero-order valence-corrected chi connectivity index (χ0v) is 15.0. The molecule has 0 heterocycles. The molecule has 0 aliphatic carbocycles. The number of anilines is 1. The highest BCUT2D eigenvalue weighted by atomic mass is 16.6. The molecule has 0 fully saturated rings. The lowest BCUT2D eigenvalue weighted by Crippen LogP contribution is -2.20. The van der Waals surface area contributed by atoms with Crippen LogP contribution < -0.4 is 10.5 Å². The minimum absolute atomic E-state index is 0.00774. The van der Waals surface area contributed by atoms with E-state index in [-0.39, 0.29) is 13.2 Å². The van der Waals surface area contributed by atoms with Crippen molar-refractivity contribution in [3.8, 4) is 5.75 Å². The molecule has 2 rings (SSSR count). The molecule has 0 atom stereocenters. The fourth-order valence-electron chi connectivity index (χ4n) is 2.11. The maximum absolute atomic E-state index is 11.8. The topological polar surface area (TPSA) is 97.1 Å². The van der Waals surface area contributed by atoms with Gasteiger partial charge in [-0.05, 0) is 12.1 Å². The average molecular weight is 373 g/mol. The summed E-state index contributed by atoms with van der Waals surface area (Å²) in [6.07, 6.45) is 0. The van der Waals surface area contributed by atoms with Gasteiger partial charge in [0.05, 0.1) is 32.1 Å². The van der Waals surface area contributed by atoms with Crippen LogP contribution in [0.25, 0.3) is 0 Å². The minimum Gasteiger partial charge on any atom is -0.489 e. The van der Waals surface area contributed by atoms with E-state index >= 15 is 0 Å². The zero-order chi connectivity index (χ0) is 19.3. The van der Waals surface area contributed by atoms with E-state index in [1.165, 1.54) is 0 Å². The molecule has 2 aromatic carbocycles. The molecule has 2 aromatic rings. The van der Waals surface area contributed by atoms with Gasteiger partial charge in [-0.15, -0.1) is 0 Å². The third-order valence-electron chi connectivity index (χ3n) is 3.46. The Bertz CT molecular complexity index is 719. The number of rotatable bonds is 12. The largest absolute Gasteiger partial charge is 0.489 e. The van der Waals surface area contributed by atoms with E-state index < -0.39 is 11.8 Å². The highest BCUT2D eigenvalue weighted by Gasteiger charge is 2.16. The van der Waals surface area contributed by atoms with Crippen LogP contribution >= 0.6 is 0 Å². The Morgan fingerprint density at radius 2 is 1.33 bits per heavy atom. The second-order valence-electron chi connectivity index (χ2n) is 5.44. The number of ketones is 1. The Balaban J connectivity index is 1.45. The minimum atomic E-state index is -0.890. The average Bonchev–Trinajstić information content (AvgIpc) is 2.70. The van der Waals surface area contributed by atoms with E-state index in [9.17, 15) is 9.59 Å². The van der Waals surface area contributed by atoms with Crippen molar-refractivity contribution in [1.29, 1.82) is 0 Å². The summed E-state index contributed by atoms with van der Waals surface area (Å²) in [4.78, 5) is 23.4. The lowest BCUT2D eigenvalue weighted by Gasteiger charge is -2.09. The van der Waals surface area contributed by atoms with Gasteiger partial charge < -0.3 is 24.7 Å². The van der Waals surface area contributed by atoms with Gasteiger partial charge in [0, 0.05) is 5.56 Å². The van der Waals surface area contributed by atoms with Gasteiger partial charge in [0.1, 0.15) is 19.0 Å². The molecule has 0 aliphatic rings. The number of nitrogen functional groups attached to an aromatic ring is 1. The Morgan fingerprint density at radius 3 is 2.04 bits per heavy atom. The summed E-state index contributed by atoms with van der Waals surface area (Å²) in [7, 11) is 0. The smallest absolute Gasteiger partial charge is 0.379 e. The van der Waals surface area contributed by atoms with Crippen LogP contribution in [0.1, 0.15) is 10.4 Å². The molecule has 0 saturated carbocycles. The molecular formula is C20H23NO6. The maximum atomic E-state index is 11.8. The van der Waals surface area contributed by atoms with Gasteiger partial charge in [-0.25, -0.2) is 4.79 Å². The number of hydrogen-bond acceptors (Lipinski definition) is 7. The van der Waals surface area contributed by atoms with Crippen LogP contribution in [0.15, 0.2) is 54.6 Å². The number of carbonyl (C=O) groups is 2. The Labute approximate surface area is 158 Å². The van der Waals surface area contributed by atoms with Gasteiger partial charge in [-0.1, -0.05) is 42.5 Å². The van der Waals surface area contributed by atoms with Crippen LogP contribution in [0.4, 0.5) is 5.69 Å². The molecule has 2 N–H and O–H groups in total. The first-order valence-electron chi connectivity index (χ1n) is 8.58. The molecule has 7 heteroatoms. The number of Topliss-reactive ketones (excluding diaryl/α,β-unsaturated/α-hetero) is 1. The monoisotopic (exact) mass is 373 g/mol. The number of benzene rings is 2. The Kier molecular flexibility index (Phi) is 8.82. The number of ether oxygens (including phenoxy) is 4. The lowest BCUT2D eigenvalue weighted by molar-refractivity contribution is -0.139. The number of hydrogen-bond donors (Lipinski definition) is 1. The first kappa shape index (κ1) is 20.4. The Hall–Kier alpha value is -2.90. The van der Waals surface area contributed by atoms with Crippen molar-refractivity contribution in [3.63, 3.8) is 0 Å². The molecule has 0 aromatic heterocycles. The molecule has 0 bridgehead atoms. The molecule has 0 aliphatic heterocycles. The van der Waals surface area contributed by atoms with E-state index in [4.69, 9.17) is 24.7 Å². The van der Waals surface area contributed by atoms with Gasteiger partial charge in [0.2, 0.25) is 0 Å². The van der Waals surface area contributed by atoms with Crippen LogP contribution in [0.2, 0.25) is 0 Å². The maximum Gasteiger partial charge on any atom is 0.379 e. The van der Waals surface area contributed by atoms with Crippen molar-refractivity contribution < 1.29 is 28.5 Å². The SMILES string of the molecule is Nc1ccccc1OCCOCCOCCOC(=O)C(=O)c1ccccc1. The van der Waals surface area contributed by atoms with Gasteiger partial charge in [-0.3, -0.25) is 4.79 Å². The fourth-order valence-corrected chi connectivity index (χ4v) is 2.11. The molecule has 0 saturated heterocycles. The number of carbonyl (C=O) groups excluding carboxylic acids is 2. The Morgan fingerprint density at radius 1 is 0.741 bits per heavy atom. The van der Waals surface area contributed by atoms with Crippen LogP contribution in [0.3, 0.4) is 0 Å². The fraction of sp³-hybridized carbons (Fsp3) is 0.300. The number of nitrogens with two attached hydrogens (primary N) is 1. The van der Waals surface area contributed by atoms with Crippen molar-refractivity contribution in [2.24, 2.45) is 0 Å². The van der Waals surface area contributed by atoms with Crippen LogP contribution in [0.5, 0.6) is 5.75 Å². The summed E-state index contributed by atoms with van der Waals surface area (Å²) in [5, 5.41) is 0. The number of para-hydroxylation sites is 2. The predicted octanol–water partition coefficient (Wildman–Crippen LogP) is 2.11. The van der Waals surface area contributed by atoms with Crippen molar-refractivity contribution >= 4 is 17.4 Å². The molecule has 0 radical (unpaired) electrons. The van der Waals surface area contributed by atoms with Crippen molar-refractivity contribution in [3.05, 3.63) is 60.2 Å². The van der Waals surface area contributed by atoms with Crippen molar-refractivity contribution in [2.45, 2.75) is 0 Å². The lowest BCUT2D eigenvalue weighted by atomic mass is 10.1. The van der Waals surface area contributed by atoms with E-state index in [0.29, 0.717) is 43.4 Å². The third-order valence-corrected chi connectivity index (χ3v) is 3.46. The van der Waals surface area contributed by atoms with E-state index in [1.807, 2.05) is 12.1 Å². The summed E-state index contributed by atoms with van der Waals surface area (Å²) in [5.74, 6) is -0.930. The summed E-state index contributed by atoms with van der Waals surface area (Å²) in [5.41, 5.74) is 6.65. The van der Waals surface area contributed by atoms with Crippen LogP contribution in [-0.4, -0.2) is 51.4 Å². The van der Waals surface area contributed by atoms with Gasteiger partial charge in [0.25, 0.3) is 5.78 Å². The zero-order valence-electron chi connectivity index (χ0n) is 15.0. The first-order chi connectivity index (χ1) is 13.2. The third kappa shape index (κ3) is 7.47. The molecule has 144 valence electrons. The quantitative estimate of drug-likeness (QED) is 0.200. The second-order valence-corrected chi connectivity index (χ2v) is 5.44. The summed E-state index contributed by atoms with van der Waals surface area (Å²) >= 11 is 0. The highest BCUT2D eigenvalue weighted by molar-refractivity contribution is 6.40. The van der Waals surface area contributed by atoms with Crippen molar-refractivity contribution in [2.75, 3.05) is 45.4 Å². The van der Waals surface area contributed by atoms with E-state index in [1.54, 1.807) is 42.5 Å². The first-order valence-corrected chi connectivity index (χ1v) is 8.58. The van der Waals surface area contributed by atoms with Crippen LogP contribution in [-0.2, 0) is 19.0 Å². The molecule has 27 heavy (non-hydrogen) atoms. The summed E-state index contributed by atoms with van der Waals surface area (Å²) < 4.78 is 21.0. The van der Waals surface area contributed by atoms with Gasteiger partial charge in [-0.2, -0.15) is 0 Å². The van der Waals surface area contributed by atoms with Gasteiger partial charge >= 0.3 is 5.97 Å². The molecule has 0 spiro atoms. The normalized spacial score (nSPS) is 10.4. The summed E-state index contributed by atoms with van der Waals surface area (Å²) in [6.45, 7) is 1.70. The second kappa shape index (κ2) is 11.7. The van der Waals surface area contributed by atoms with E-state index in [0.717, 1.165) is 0 Å². The van der Waals surface area contributed by atoms with E-state index in [2.05, 4.69) is 0 Å². The molecule has 0 unspecified atom stereocenters. The molecule has 7 nitrogen and oxygen atoms in total. The summed E-state index contributed by atoms with van der Waals surface area (Å²) in [6, 6.07) is 15.5. The standard InChI is InChI=1S/C20H23NO6/c21-17-8-4-5-9-18(17)26-14-12-24-10-11-25-13-15-27-20(23)19(22)16-6-2-1-3-7-16/h1-9H,10-15,21H2. The molecule has 0 amide bonds. The molecular weight excluding hydrogens is 350 g/mol. The van der Waals surface area contributed by atoms with Crippen LogP contribution in [0, 0.1) is 0 Å². The highest BCUT2D eigenvalue weighted by Crippen LogP contribution is 2.19. The van der Waals surface area contributed by atoms with Gasteiger partial charge in [0.15, 0.2) is 0 Å². The van der Waals surface area contributed by atoms with Crippen molar-refractivity contribution in [1.82, 2.24) is 0 Å².